The molecule has 0 aliphatic rings. The highest BCUT2D eigenvalue weighted by Crippen LogP contribution is 2.43. The van der Waals surface area contributed by atoms with E-state index in [0.29, 0.717) is 23.1 Å². The quantitative estimate of drug-likeness (QED) is 0.372. The van der Waals surface area contributed by atoms with Crippen molar-refractivity contribution in [2.45, 2.75) is 38.1 Å². The van der Waals surface area contributed by atoms with Crippen molar-refractivity contribution in [1.29, 1.82) is 0 Å². The minimum atomic E-state index is -3.13. The number of hydrogen-bond donors (Lipinski definition) is 2. The Morgan fingerprint density at radius 2 is 1.56 bits per heavy atom. The first kappa shape index (κ1) is 22.6. The fraction of sp³-hybridized carbons (Fsp3) is 0.231. The van der Waals surface area contributed by atoms with Crippen molar-refractivity contribution in [2.24, 2.45) is 0 Å². The number of H-pyrrole nitrogens is 1. The summed E-state index contributed by atoms with van der Waals surface area (Å²) in [5, 5.41) is 2.10. The number of aromatic nitrogens is 2. The average molecular weight is 508 g/mol. The molecule has 0 unspecified atom stereocenters. The zero-order valence-corrected chi connectivity index (χ0v) is 21.1. The van der Waals surface area contributed by atoms with E-state index in [9.17, 15) is 9.59 Å². The van der Waals surface area contributed by atoms with E-state index in [1.807, 2.05) is 72.8 Å². The van der Waals surface area contributed by atoms with Crippen molar-refractivity contribution in [3.63, 3.8) is 0 Å². The summed E-state index contributed by atoms with van der Waals surface area (Å²) >= 11 is 3.47. The van der Waals surface area contributed by atoms with E-state index in [-0.39, 0.29) is 11.5 Å². The number of aromatic amines is 1. The minimum Gasteiger partial charge on any atom is -0.424 e. The second-order valence-electron chi connectivity index (χ2n) is 9.04. The molecule has 4 aromatic rings. The van der Waals surface area contributed by atoms with Crippen molar-refractivity contribution in [2.75, 3.05) is 0 Å². The topological polar surface area (TPSA) is 66.0 Å². The highest BCUT2D eigenvalue weighted by Gasteiger charge is 2.50. The molecule has 0 fully saturated rings. The lowest BCUT2D eigenvalue weighted by Gasteiger charge is -2.42. The third kappa shape index (κ3) is 4.10. The van der Waals surface area contributed by atoms with Gasteiger partial charge in [0.15, 0.2) is 0 Å². The largest absolute Gasteiger partial charge is 0.424 e. The van der Waals surface area contributed by atoms with Crippen LogP contribution in [0.15, 0.2) is 88.1 Å². The fourth-order valence-corrected chi connectivity index (χ4v) is 8.88. The van der Waals surface area contributed by atoms with Gasteiger partial charge in [-0.25, -0.2) is 4.98 Å². The first-order chi connectivity index (χ1) is 15.2. The molecule has 164 valence electrons. The molecule has 0 radical (unpaired) electrons. The van der Waals surface area contributed by atoms with Crippen LogP contribution in [-0.2, 0) is 0 Å². The Balaban J connectivity index is 1.76. The molecular weight excluding hydrogens is 480 g/mol. The number of halogens is 1. The normalized spacial score (nSPS) is 13.3. The summed E-state index contributed by atoms with van der Waals surface area (Å²) in [5.74, 6) is 0.596. The Hall–Kier alpha value is -2.54. The predicted octanol–water partition coefficient (Wildman–Crippen LogP) is 4.71. The Morgan fingerprint density at radius 3 is 2.12 bits per heavy atom. The Labute approximate surface area is 197 Å². The van der Waals surface area contributed by atoms with Crippen molar-refractivity contribution < 1.29 is 4.80 Å². The van der Waals surface area contributed by atoms with Crippen LogP contribution in [0.25, 0.3) is 10.9 Å². The van der Waals surface area contributed by atoms with Gasteiger partial charge in [0.05, 0.1) is 10.9 Å². The molecule has 0 aliphatic carbocycles. The minimum absolute atomic E-state index is 0.0486. The van der Waals surface area contributed by atoms with Gasteiger partial charge in [-0.2, -0.15) is 0 Å². The average Bonchev–Trinajstić information content (AvgIpc) is 2.79. The molecular formula is C26H27BrN2O2Si. The van der Waals surface area contributed by atoms with Crippen LogP contribution in [0, 0.1) is 0 Å². The smallest absolute Gasteiger partial charge is 0.258 e. The van der Waals surface area contributed by atoms with Gasteiger partial charge in [0.2, 0.25) is 0 Å². The van der Waals surface area contributed by atoms with Crippen LogP contribution in [0.1, 0.15) is 38.9 Å². The molecule has 3 aromatic carbocycles. The van der Waals surface area contributed by atoms with E-state index in [1.165, 1.54) is 0 Å². The highest BCUT2D eigenvalue weighted by molar-refractivity contribution is 9.10. The van der Waals surface area contributed by atoms with Crippen LogP contribution in [-0.4, -0.2) is 23.1 Å². The zero-order chi connectivity index (χ0) is 22.9. The van der Waals surface area contributed by atoms with Gasteiger partial charge in [-0.3, -0.25) is 4.79 Å². The lowest BCUT2D eigenvalue weighted by atomic mass is 9.97. The van der Waals surface area contributed by atoms with Crippen LogP contribution >= 0.6 is 15.9 Å². The molecule has 0 spiro atoms. The SMILES string of the molecule is C[C@@H](CC(C)(C)[Si](O)(c1ccccc1)c1ccccc1)c1nc2cc(Br)ccc2c(=O)[nH]1. The van der Waals surface area contributed by atoms with Crippen LogP contribution in [0.2, 0.25) is 5.04 Å². The molecule has 32 heavy (non-hydrogen) atoms. The number of hydrogen-bond acceptors (Lipinski definition) is 3. The number of rotatable bonds is 6. The van der Waals surface area contributed by atoms with E-state index >= 15 is 0 Å². The number of fused-ring (bicyclic) bond motifs is 1. The van der Waals surface area contributed by atoms with E-state index in [0.717, 1.165) is 14.8 Å². The van der Waals surface area contributed by atoms with Crippen molar-refractivity contribution >= 4 is 45.5 Å². The second kappa shape index (κ2) is 8.77. The van der Waals surface area contributed by atoms with Gasteiger partial charge in [-0.15, -0.1) is 0 Å². The van der Waals surface area contributed by atoms with Gasteiger partial charge in [-0.05, 0) is 40.0 Å². The third-order valence-electron chi connectivity index (χ3n) is 6.33. The maximum Gasteiger partial charge on any atom is 0.258 e. The molecule has 1 heterocycles. The van der Waals surface area contributed by atoms with Crippen molar-refractivity contribution in [3.8, 4) is 0 Å². The fourth-order valence-electron chi connectivity index (χ4n) is 4.68. The monoisotopic (exact) mass is 506 g/mol. The Kier molecular flexibility index (Phi) is 6.21. The number of benzene rings is 3. The molecule has 4 rings (SSSR count). The summed E-state index contributed by atoms with van der Waals surface area (Å²) in [6, 6.07) is 25.5. The lowest BCUT2D eigenvalue weighted by Crippen LogP contribution is -2.65. The number of nitrogens with one attached hydrogen (secondary N) is 1. The molecule has 6 heteroatoms. The van der Waals surface area contributed by atoms with Crippen molar-refractivity contribution in [1.82, 2.24) is 9.97 Å². The summed E-state index contributed by atoms with van der Waals surface area (Å²) < 4.78 is 0.886. The number of nitrogens with zero attached hydrogens (tertiary/aromatic N) is 1. The molecule has 0 saturated carbocycles. The van der Waals surface area contributed by atoms with E-state index in [4.69, 9.17) is 4.98 Å². The summed E-state index contributed by atoms with van der Waals surface area (Å²) in [4.78, 5) is 32.8. The predicted molar refractivity (Wildman–Crippen MR) is 137 cm³/mol. The summed E-state index contributed by atoms with van der Waals surface area (Å²) in [7, 11) is -3.13. The van der Waals surface area contributed by atoms with Crippen LogP contribution < -0.4 is 15.9 Å². The molecule has 0 saturated heterocycles. The maximum absolute atomic E-state index is 12.7. The van der Waals surface area contributed by atoms with E-state index in [1.54, 1.807) is 6.07 Å². The molecule has 0 aliphatic heterocycles. The van der Waals surface area contributed by atoms with E-state index < -0.39 is 13.4 Å². The van der Waals surface area contributed by atoms with Gasteiger partial charge in [0.1, 0.15) is 5.82 Å². The van der Waals surface area contributed by atoms with Gasteiger partial charge >= 0.3 is 0 Å². The summed E-state index contributed by atoms with van der Waals surface area (Å²) in [6.07, 6.45) is 0.669. The molecule has 2 N–H and O–H groups in total. The molecule has 1 aromatic heterocycles. The lowest BCUT2D eigenvalue weighted by molar-refractivity contribution is 0.438. The molecule has 1 atom stereocenters. The van der Waals surface area contributed by atoms with Gasteiger partial charge in [0.25, 0.3) is 13.9 Å². The Bertz CT molecular complexity index is 1250. The molecule has 0 amide bonds. The van der Waals surface area contributed by atoms with Crippen LogP contribution in [0.5, 0.6) is 0 Å². The zero-order valence-electron chi connectivity index (χ0n) is 18.5. The van der Waals surface area contributed by atoms with Gasteiger partial charge in [0, 0.05) is 10.4 Å². The molecule has 0 bridgehead atoms. The van der Waals surface area contributed by atoms with Gasteiger partial charge < -0.3 is 9.78 Å². The molecule has 4 nitrogen and oxygen atoms in total. The summed E-state index contributed by atoms with van der Waals surface area (Å²) in [5.41, 5.74) is 0.530. The van der Waals surface area contributed by atoms with Crippen LogP contribution in [0.3, 0.4) is 0 Å². The first-order valence-corrected chi connectivity index (χ1v) is 13.5. The third-order valence-corrected chi connectivity index (χ3v) is 11.3. The van der Waals surface area contributed by atoms with Crippen molar-refractivity contribution in [3.05, 3.63) is 99.5 Å². The Morgan fingerprint density at radius 1 is 1.00 bits per heavy atom. The summed E-state index contributed by atoms with van der Waals surface area (Å²) in [6.45, 7) is 6.32. The second-order valence-corrected chi connectivity index (χ2v) is 13.9. The first-order valence-electron chi connectivity index (χ1n) is 10.8. The van der Waals surface area contributed by atoms with Gasteiger partial charge in [-0.1, -0.05) is 97.4 Å². The van der Waals surface area contributed by atoms with Crippen LogP contribution in [0.4, 0.5) is 0 Å². The highest BCUT2D eigenvalue weighted by atomic mass is 79.9. The van der Waals surface area contributed by atoms with E-state index in [2.05, 4.69) is 41.7 Å². The standard InChI is InChI=1S/C26H27BrN2O2Si/c1-18(24-28-23-16-19(27)14-15-22(23)25(30)29-24)17-26(2,3)32(31,20-10-6-4-7-11-20)21-12-8-5-9-13-21/h4-16,18,31H,17H2,1-3H3,(H,28,29,30)/t18-/m0/s1. The maximum atomic E-state index is 12.7.